The highest BCUT2D eigenvalue weighted by molar-refractivity contribution is 6.18. The lowest BCUT2D eigenvalue weighted by Crippen LogP contribution is -2.20. The monoisotopic (exact) mass is 216 g/mol. The highest BCUT2D eigenvalue weighted by Crippen LogP contribution is 2.61. The standard InChI is InChI=1S/C12H21ClO/c1-14-5-3-2-4-12(9-13)7-10-6-11(10)8-12/h10-11H,2-9H2,1H3. The minimum atomic E-state index is 0.517. The predicted octanol–water partition coefficient (Wildman–Crippen LogP) is 3.46. The number of alkyl halides is 1. The van der Waals surface area contributed by atoms with E-state index in [1.165, 1.54) is 38.5 Å². The highest BCUT2D eigenvalue weighted by atomic mass is 35.5. The summed E-state index contributed by atoms with van der Waals surface area (Å²) in [5.74, 6) is 2.99. The van der Waals surface area contributed by atoms with Gasteiger partial charge in [0.05, 0.1) is 0 Å². The summed E-state index contributed by atoms with van der Waals surface area (Å²) in [6, 6.07) is 0. The zero-order chi connectivity index (χ0) is 10.0. The van der Waals surface area contributed by atoms with E-state index in [1.807, 2.05) is 0 Å². The molecule has 0 radical (unpaired) electrons. The van der Waals surface area contributed by atoms with E-state index < -0.39 is 0 Å². The van der Waals surface area contributed by atoms with Crippen molar-refractivity contribution in [2.75, 3.05) is 19.6 Å². The molecule has 0 aliphatic heterocycles. The summed E-state index contributed by atoms with van der Waals surface area (Å²) >= 11 is 6.13. The van der Waals surface area contributed by atoms with Crippen molar-refractivity contribution in [2.24, 2.45) is 17.3 Å². The van der Waals surface area contributed by atoms with Crippen molar-refractivity contribution in [3.63, 3.8) is 0 Å². The van der Waals surface area contributed by atoms with E-state index >= 15 is 0 Å². The van der Waals surface area contributed by atoms with Crippen molar-refractivity contribution < 1.29 is 4.74 Å². The number of ether oxygens (including phenoxy) is 1. The van der Waals surface area contributed by atoms with E-state index in [0.29, 0.717) is 5.41 Å². The molecular weight excluding hydrogens is 196 g/mol. The van der Waals surface area contributed by atoms with Gasteiger partial charge in [-0.25, -0.2) is 0 Å². The highest BCUT2D eigenvalue weighted by Gasteiger charge is 2.52. The second-order valence-electron chi connectivity index (χ2n) is 5.25. The van der Waals surface area contributed by atoms with Crippen molar-refractivity contribution >= 4 is 11.6 Å². The third-order valence-corrected chi connectivity index (χ3v) is 4.62. The molecule has 0 heterocycles. The van der Waals surface area contributed by atoms with E-state index in [0.717, 1.165) is 24.3 Å². The summed E-state index contributed by atoms with van der Waals surface area (Å²) in [4.78, 5) is 0. The molecule has 2 atom stereocenters. The Morgan fingerprint density at radius 1 is 1.29 bits per heavy atom. The first-order valence-corrected chi connectivity index (χ1v) is 6.38. The average Bonchev–Trinajstić information content (AvgIpc) is 2.82. The molecule has 0 N–H and O–H groups in total. The minimum Gasteiger partial charge on any atom is -0.385 e. The van der Waals surface area contributed by atoms with Gasteiger partial charge >= 0.3 is 0 Å². The van der Waals surface area contributed by atoms with Gasteiger partial charge in [-0.3, -0.25) is 0 Å². The topological polar surface area (TPSA) is 9.23 Å². The van der Waals surface area contributed by atoms with Gasteiger partial charge in [0, 0.05) is 19.6 Å². The van der Waals surface area contributed by atoms with Gasteiger partial charge in [-0.15, -0.1) is 11.6 Å². The number of rotatable bonds is 6. The zero-order valence-corrected chi connectivity index (χ0v) is 9.85. The van der Waals surface area contributed by atoms with Crippen molar-refractivity contribution in [3.05, 3.63) is 0 Å². The van der Waals surface area contributed by atoms with Crippen molar-refractivity contribution in [2.45, 2.75) is 38.5 Å². The van der Waals surface area contributed by atoms with Crippen molar-refractivity contribution in [1.82, 2.24) is 0 Å². The lowest BCUT2D eigenvalue weighted by Gasteiger charge is -2.28. The Kier molecular flexibility index (Phi) is 3.38. The fourth-order valence-corrected chi connectivity index (χ4v) is 3.48. The molecule has 2 aliphatic carbocycles. The van der Waals surface area contributed by atoms with E-state index in [-0.39, 0.29) is 0 Å². The van der Waals surface area contributed by atoms with Crippen molar-refractivity contribution in [3.8, 4) is 0 Å². The van der Waals surface area contributed by atoms with E-state index in [1.54, 1.807) is 7.11 Å². The number of unbranched alkanes of at least 4 members (excludes halogenated alkanes) is 1. The second kappa shape index (κ2) is 4.40. The molecule has 0 amide bonds. The molecule has 0 spiro atoms. The van der Waals surface area contributed by atoms with Gasteiger partial charge < -0.3 is 4.74 Å². The van der Waals surface area contributed by atoms with E-state index in [9.17, 15) is 0 Å². The summed E-state index contributed by atoms with van der Waals surface area (Å²) in [6.45, 7) is 0.908. The van der Waals surface area contributed by atoms with E-state index in [4.69, 9.17) is 16.3 Å². The zero-order valence-electron chi connectivity index (χ0n) is 9.10. The van der Waals surface area contributed by atoms with Gasteiger partial charge in [-0.05, 0) is 49.4 Å². The van der Waals surface area contributed by atoms with Crippen LogP contribution in [0, 0.1) is 17.3 Å². The normalized spacial score (nSPS) is 39.9. The van der Waals surface area contributed by atoms with Crippen LogP contribution >= 0.6 is 11.6 Å². The van der Waals surface area contributed by atoms with Crippen LogP contribution in [0.3, 0.4) is 0 Å². The summed E-state index contributed by atoms with van der Waals surface area (Å²) in [7, 11) is 1.78. The van der Waals surface area contributed by atoms with Crippen molar-refractivity contribution in [1.29, 1.82) is 0 Å². The van der Waals surface area contributed by atoms with Crippen LogP contribution in [-0.2, 0) is 4.74 Å². The van der Waals surface area contributed by atoms with Crippen LogP contribution < -0.4 is 0 Å². The molecule has 1 nitrogen and oxygen atoms in total. The molecule has 82 valence electrons. The first-order valence-electron chi connectivity index (χ1n) is 5.84. The third kappa shape index (κ3) is 2.25. The average molecular weight is 217 g/mol. The van der Waals surface area contributed by atoms with Crippen LogP contribution in [0.4, 0.5) is 0 Å². The smallest absolute Gasteiger partial charge is 0.0462 e. The van der Waals surface area contributed by atoms with Crippen LogP contribution in [0.15, 0.2) is 0 Å². The van der Waals surface area contributed by atoms with E-state index in [2.05, 4.69) is 0 Å². The number of hydrogen-bond donors (Lipinski definition) is 0. The Labute approximate surface area is 92.2 Å². The molecular formula is C12H21ClO. The summed E-state index contributed by atoms with van der Waals surface area (Å²) in [6.07, 6.45) is 8.14. The molecule has 0 aromatic carbocycles. The fourth-order valence-electron chi connectivity index (χ4n) is 3.13. The number of methoxy groups -OCH3 is 1. The van der Waals surface area contributed by atoms with Crippen LogP contribution in [0.5, 0.6) is 0 Å². The molecule has 0 saturated heterocycles. The van der Waals surface area contributed by atoms with Gasteiger partial charge in [0.15, 0.2) is 0 Å². The fraction of sp³-hybridized carbons (Fsp3) is 1.00. The number of fused-ring (bicyclic) bond motifs is 1. The minimum absolute atomic E-state index is 0.517. The Balaban J connectivity index is 1.70. The van der Waals surface area contributed by atoms with Gasteiger partial charge in [-0.1, -0.05) is 6.42 Å². The largest absolute Gasteiger partial charge is 0.385 e. The number of halogens is 1. The molecule has 0 aromatic rings. The first-order chi connectivity index (χ1) is 6.79. The Morgan fingerprint density at radius 3 is 2.57 bits per heavy atom. The molecule has 2 saturated carbocycles. The first kappa shape index (κ1) is 10.8. The summed E-state index contributed by atoms with van der Waals surface area (Å²) in [5, 5.41) is 0. The van der Waals surface area contributed by atoms with Crippen LogP contribution in [0.1, 0.15) is 38.5 Å². The maximum atomic E-state index is 6.13. The Morgan fingerprint density at radius 2 is 2.00 bits per heavy atom. The molecule has 0 bridgehead atoms. The summed E-state index contributed by atoms with van der Waals surface area (Å²) < 4.78 is 5.07. The molecule has 2 aliphatic rings. The van der Waals surface area contributed by atoms with Crippen LogP contribution in [0.2, 0.25) is 0 Å². The second-order valence-corrected chi connectivity index (χ2v) is 5.51. The Hall–Kier alpha value is 0.250. The molecule has 2 heteroatoms. The van der Waals surface area contributed by atoms with Crippen LogP contribution in [-0.4, -0.2) is 19.6 Å². The van der Waals surface area contributed by atoms with Crippen LogP contribution in [0.25, 0.3) is 0 Å². The quantitative estimate of drug-likeness (QED) is 0.488. The third-order valence-electron chi connectivity index (χ3n) is 4.05. The maximum Gasteiger partial charge on any atom is 0.0462 e. The predicted molar refractivity (Wildman–Crippen MR) is 59.7 cm³/mol. The van der Waals surface area contributed by atoms with Gasteiger partial charge in [0.2, 0.25) is 0 Å². The number of hydrogen-bond acceptors (Lipinski definition) is 1. The molecule has 2 rings (SSSR count). The maximum absolute atomic E-state index is 6.13. The molecule has 2 fully saturated rings. The van der Waals surface area contributed by atoms with Gasteiger partial charge in [-0.2, -0.15) is 0 Å². The van der Waals surface area contributed by atoms with Gasteiger partial charge in [0.1, 0.15) is 0 Å². The van der Waals surface area contributed by atoms with Gasteiger partial charge in [0.25, 0.3) is 0 Å². The molecule has 0 aromatic heterocycles. The lowest BCUT2D eigenvalue weighted by molar-refractivity contribution is 0.182. The molecule has 2 unspecified atom stereocenters. The lowest BCUT2D eigenvalue weighted by atomic mass is 9.80. The molecule has 14 heavy (non-hydrogen) atoms. The summed E-state index contributed by atoms with van der Waals surface area (Å²) in [5.41, 5.74) is 0.517. The SMILES string of the molecule is COCCCCC1(CCl)CC2CC2C1. The Bertz CT molecular complexity index is 183.